The molecule has 6 heterocycles. The molecule has 4 atom stereocenters. The standard InChI is InChI=1S/C32H32ClF2N5O2/c33-25-4-1-3-18-9-22(41)10-23(28(18)25)30-29(35)31-24(13-36-30)26(39-15-20-5-6-21(16-39)37-20)11-27(38-31)42-17-32-7-2-8-40(32)14-19(34)12-32/h1,3-4,9-11,13,19-21,37,41H,2,5-8,12,14-17H2. The maximum atomic E-state index is 16.7. The molecule has 2 aromatic heterocycles. The number of piperazine rings is 1. The Hall–Kier alpha value is -3.27. The van der Waals surface area contributed by atoms with Gasteiger partial charge in [0.25, 0.3) is 0 Å². The highest BCUT2D eigenvalue weighted by Gasteiger charge is 2.49. The van der Waals surface area contributed by atoms with Crippen molar-refractivity contribution in [2.45, 2.75) is 55.9 Å². The van der Waals surface area contributed by atoms with Crippen LogP contribution in [0.3, 0.4) is 0 Å². The van der Waals surface area contributed by atoms with E-state index in [1.165, 1.54) is 6.07 Å². The van der Waals surface area contributed by atoms with E-state index in [9.17, 15) is 9.50 Å². The predicted octanol–water partition coefficient (Wildman–Crippen LogP) is 5.84. The van der Waals surface area contributed by atoms with Crippen LogP contribution in [-0.4, -0.2) is 76.6 Å². The molecule has 4 saturated heterocycles. The minimum Gasteiger partial charge on any atom is -0.508 e. The Morgan fingerprint density at radius 1 is 1.14 bits per heavy atom. The Morgan fingerprint density at radius 2 is 1.98 bits per heavy atom. The Bertz CT molecular complexity index is 1710. The van der Waals surface area contributed by atoms with Gasteiger partial charge in [-0.1, -0.05) is 23.7 Å². The molecule has 4 fully saturated rings. The first-order valence-electron chi connectivity index (χ1n) is 14.8. The highest BCUT2D eigenvalue weighted by atomic mass is 35.5. The fourth-order valence-corrected chi connectivity index (χ4v) is 8.12. The maximum absolute atomic E-state index is 16.7. The molecule has 2 N–H and O–H groups in total. The molecule has 10 heteroatoms. The number of hydrogen-bond donors (Lipinski definition) is 2. The summed E-state index contributed by atoms with van der Waals surface area (Å²) >= 11 is 6.57. The van der Waals surface area contributed by atoms with Gasteiger partial charge in [0.15, 0.2) is 5.82 Å². The third kappa shape index (κ3) is 4.28. The van der Waals surface area contributed by atoms with E-state index in [0.29, 0.717) is 64.3 Å². The van der Waals surface area contributed by atoms with E-state index in [2.05, 4.69) is 20.1 Å². The largest absolute Gasteiger partial charge is 0.508 e. The minimum atomic E-state index is -0.861. The smallest absolute Gasteiger partial charge is 0.216 e. The summed E-state index contributed by atoms with van der Waals surface area (Å²) < 4.78 is 37.4. The van der Waals surface area contributed by atoms with E-state index in [1.54, 1.807) is 24.4 Å². The quantitative estimate of drug-likeness (QED) is 0.302. The van der Waals surface area contributed by atoms with Crippen molar-refractivity contribution in [3.63, 3.8) is 0 Å². The van der Waals surface area contributed by atoms with Crippen LogP contribution in [0.25, 0.3) is 32.9 Å². The van der Waals surface area contributed by atoms with Crippen LogP contribution in [0, 0.1) is 5.82 Å². The zero-order valence-corrected chi connectivity index (χ0v) is 23.9. The van der Waals surface area contributed by atoms with Gasteiger partial charge in [-0.3, -0.25) is 9.88 Å². The number of nitrogens with one attached hydrogen (secondary N) is 1. The fourth-order valence-electron chi connectivity index (χ4n) is 7.84. The highest BCUT2D eigenvalue weighted by molar-refractivity contribution is 6.36. The summed E-state index contributed by atoms with van der Waals surface area (Å²) in [4.78, 5) is 13.8. The number of nitrogens with zero attached hydrogens (tertiary/aromatic N) is 4. The molecule has 42 heavy (non-hydrogen) atoms. The van der Waals surface area contributed by atoms with E-state index >= 15 is 4.39 Å². The highest BCUT2D eigenvalue weighted by Crippen LogP contribution is 2.43. The van der Waals surface area contributed by atoms with Crippen LogP contribution in [-0.2, 0) is 0 Å². The van der Waals surface area contributed by atoms with Crippen molar-refractivity contribution < 1.29 is 18.6 Å². The number of aromatic hydroxyl groups is 1. The normalized spacial score (nSPS) is 27.3. The molecule has 0 radical (unpaired) electrons. The van der Waals surface area contributed by atoms with Crippen LogP contribution < -0.4 is 15.0 Å². The Labute approximate surface area is 247 Å². The number of hydrogen-bond acceptors (Lipinski definition) is 7. The Morgan fingerprint density at radius 3 is 2.81 bits per heavy atom. The molecule has 4 aliphatic heterocycles. The number of halogens is 3. The summed E-state index contributed by atoms with van der Waals surface area (Å²) in [5.41, 5.74) is 1.09. The lowest BCUT2D eigenvalue weighted by molar-refractivity contribution is 0.111. The number of phenolic OH excluding ortho intramolecular Hbond substituents is 1. The molecule has 0 spiro atoms. The van der Waals surface area contributed by atoms with Crippen molar-refractivity contribution in [1.82, 2.24) is 20.2 Å². The molecule has 8 rings (SSSR count). The molecule has 2 bridgehead atoms. The first-order valence-corrected chi connectivity index (χ1v) is 15.2. The monoisotopic (exact) mass is 591 g/mol. The number of rotatable bonds is 5. The second-order valence-electron chi connectivity index (χ2n) is 12.4. The van der Waals surface area contributed by atoms with Crippen molar-refractivity contribution >= 4 is 39.0 Å². The second-order valence-corrected chi connectivity index (χ2v) is 12.8. The molecule has 4 unspecified atom stereocenters. The summed E-state index contributed by atoms with van der Waals surface area (Å²) in [5, 5.41) is 16.5. The van der Waals surface area contributed by atoms with Crippen molar-refractivity contribution in [3.8, 4) is 22.9 Å². The van der Waals surface area contributed by atoms with Crippen LogP contribution in [0.2, 0.25) is 5.02 Å². The summed E-state index contributed by atoms with van der Waals surface area (Å²) in [6, 6.07) is 11.1. The van der Waals surface area contributed by atoms with Gasteiger partial charge in [0.1, 0.15) is 29.7 Å². The zero-order valence-electron chi connectivity index (χ0n) is 23.1. The SMILES string of the molecule is Oc1cc(-c2ncc3c(N4CC5CCC(C4)N5)cc(OCC45CCCN4CC(F)C5)nc3c2F)c2c(Cl)cccc2c1. The third-order valence-corrected chi connectivity index (χ3v) is 10.0. The molecule has 7 nitrogen and oxygen atoms in total. The number of aromatic nitrogens is 2. The van der Waals surface area contributed by atoms with Crippen LogP contribution in [0.4, 0.5) is 14.5 Å². The van der Waals surface area contributed by atoms with Crippen LogP contribution in [0.1, 0.15) is 32.1 Å². The molecule has 218 valence electrons. The summed E-state index contributed by atoms with van der Waals surface area (Å²) in [5.74, 6) is -0.289. The van der Waals surface area contributed by atoms with Gasteiger partial charge < -0.3 is 20.1 Å². The molecule has 0 saturated carbocycles. The van der Waals surface area contributed by atoms with Crippen molar-refractivity contribution in [2.24, 2.45) is 0 Å². The fraction of sp³-hybridized carbons (Fsp3) is 0.438. The van der Waals surface area contributed by atoms with Gasteiger partial charge in [-0.15, -0.1) is 0 Å². The van der Waals surface area contributed by atoms with Gasteiger partial charge in [0, 0.05) is 71.8 Å². The van der Waals surface area contributed by atoms with Crippen LogP contribution >= 0.6 is 11.6 Å². The molecule has 2 aromatic carbocycles. The first-order chi connectivity index (χ1) is 20.4. The van der Waals surface area contributed by atoms with Gasteiger partial charge >= 0.3 is 0 Å². The lowest BCUT2D eigenvalue weighted by atomic mass is 9.95. The van der Waals surface area contributed by atoms with E-state index in [4.69, 9.17) is 21.3 Å². The van der Waals surface area contributed by atoms with E-state index < -0.39 is 12.0 Å². The minimum absolute atomic E-state index is 0.00816. The average Bonchev–Trinajstić information content (AvgIpc) is 3.61. The topological polar surface area (TPSA) is 73.8 Å². The number of pyridine rings is 2. The van der Waals surface area contributed by atoms with Crippen molar-refractivity contribution in [1.29, 1.82) is 0 Å². The van der Waals surface area contributed by atoms with Gasteiger partial charge in [-0.05, 0) is 55.8 Å². The number of alkyl halides is 1. The zero-order chi connectivity index (χ0) is 28.6. The lowest BCUT2D eigenvalue weighted by Crippen LogP contribution is -2.51. The molecular formula is C32H32ClF2N5O2. The number of benzene rings is 2. The number of anilines is 1. The van der Waals surface area contributed by atoms with Gasteiger partial charge in [-0.2, -0.15) is 0 Å². The first kappa shape index (κ1) is 26.4. The van der Waals surface area contributed by atoms with Gasteiger partial charge in [0.2, 0.25) is 5.88 Å². The number of fused-ring (bicyclic) bond motifs is 5. The van der Waals surface area contributed by atoms with E-state index in [1.807, 2.05) is 12.1 Å². The molecular weight excluding hydrogens is 560 g/mol. The molecule has 0 aliphatic carbocycles. The third-order valence-electron chi connectivity index (χ3n) is 9.72. The Kier molecular flexibility index (Phi) is 6.21. The van der Waals surface area contributed by atoms with Crippen LogP contribution in [0.5, 0.6) is 11.6 Å². The number of ether oxygens (including phenoxy) is 1. The van der Waals surface area contributed by atoms with Crippen molar-refractivity contribution in [2.75, 3.05) is 37.7 Å². The molecule has 4 aromatic rings. The van der Waals surface area contributed by atoms with Crippen LogP contribution in [0.15, 0.2) is 42.6 Å². The summed E-state index contributed by atoms with van der Waals surface area (Å²) in [6.07, 6.45) is 5.36. The Balaban J connectivity index is 1.26. The molecule has 4 aliphatic rings. The van der Waals surface area contributed by atoms with Gasteiger partial charge in [-0.25, -0.2) is 13.8 Å². The van der Waals surface area contributed by atoms with E-state index in [-0.39, 0.29) is 22.5 Å². The second kappa shape index (κ2) is 9.89. The average molecular weight is 592 g/mol. The number of phenols is 1. The molecule has 0 amide bonds. The predicted molar refractivity (Wildman–Crippen MR) is 160 cm³/mol. The van der Waals surface area contributed by atoms with E-state index in [0.717, 1.165) is 51.0 Å². The van der Waals surface area contributed by atoms with Crippen molar-refractivity contribution in [3.05, 3.63) is 53.4 Å². The maximum Gasteiger partial charge on any atom is 0.216 e. The summed E-state index contributed by atoms with van der Waals surface area (Å²) in [6.45, 7) is 3.21. The lowest BCUT2D eigenvalue weighted by Gasteiger charge is -2.35. The summed E-state index contributed by atoms with van der Waals surface area (Å²) in [7, 11) is 0. The van der Waals surface area contributed by atoms with Gasteiger partial charge in [0.05, 0.1) is 11.2 Å².